The maximum atomic E-state index is 13.4. The van der Waals surface area contributed by atoms with Crippen LogP contribution < -0.4 is 10.0 Å². The third-order valence-electron chi connectivity index (χ3n) is 3.30. The fraction of sp³-hybridized carbons (Fsp3) is 0.176. The minimum Gasteiger partial charge on any atom is -0.454 e. The average molecular weight is 415 g/mol. The number of carbonyl (C=O) groups excluding carboxylic acids is 2. The van der Waals surface area contributed by atoms with Gasteiger partial charge in [0.15, 0.2) is 6.61 Å². The highest BCUT2D eigenvalue weighted by molar-refractivity contribution is 7.89. The van der Waals surface area contributed by atoms with Gasteiger partial charge in [-0.05, 0) is 43.3 Å². The van der Waals surface area contributed by atoms with E-state index in [4.69, 9.17) is 16.3 Å². The highest BCUT2D eigenvalue weighted by Crippen LogP contribution is 2.14. The predicted octanol–water partition coefficient (Wildman–Crippen LogP) is 2.33. The van der Waals surface area contributed by atoms with Gasteiger partial charge in [-0.25, -0.2) is 12.8 Å². The minimum atomic E-state index is -3.97. The molecule has 0 aromatic heterocycles. The summed E-state index contributed by atoms with van der Waals surface area (Å²) in [6.45, 7) is 0.574. The van der Waals surface area contributed by atoms with E-state index in [2.05, 4.69) is 10.0 Å². The van der Waals surface area contributed by atoms with E-state index in [9.17, 15) is 22.4 Å². The second-order valence-electron chi connectivity index (χ2n) is 5.43. The molecule has 0 aliphatic heterocycles. The lowest BCUT2D eigenvalue weighted by Crippen LogP contribution is -2.40. The van der Waals surface area contributed by atoms with Crippen molar-refractivity contribution in [2.45, 2.75) is 17.9 Å². The molecule has 27 heavy (non-hydrogen) atoms. The van der Waals surface area contributed by atoms with Gasteiger partial charge in [-0.1, -0.05) is 23.7 Å². The number of amides is 1. The number of carbonyl (C=O) groups is 2. The van der Waals surface area contributed by atoms with Crippen molar-refractivity contribution in [1.29, 1.82) is 0 Å². The summed E-state index contributed by atoms with van der Waals surface area (Å²) in [4.78, 5) is 23.6. The molecule has 0 bridgehead atoms. The summed E-state index contributed by atoms with van der Waals surface area (Å²) in [5.74, 6) is -2.36. The van der Waals surface area contributed by atoms with Gasteiger partial charge in [0.2, 0.25) is 10.0 Å². The normalized spacial score (nSPS) is 12.3. The first-order valence-electron chi connectivity index (χ1n) is 7.68. The van der Waals surface area contributed by atoms with E-state index in [1.54, 1.807) is 0 Å². The zero-order valence-electron chi connectivity index (χ0n) is 14.1. The lowest BCUT2D eigenvalue weighted by molar-refractivity contribution is -0.148. The molecule has 2 rings (SSSR count). The van der Waals surface area contributed by atoms with E-state index in [1.807, 2.05) is 0 Å². The van der Waals surface area contributed by atoms with Gasteiger partial charge in [0.25, 0.3) is 5.91 Å². The van der Waals surface area contributed by atoms with Gasteiger partial charge in [-0.2, -0.15) is 4.72 Å². The summed E-state index contributed by atoms with van der Waals surface area (Å²) in [6.07, 6.45) is 0. The lowest BCUT2D eigenvalue weighted by Gasteiger charge is -2.14. The molecule has 144 valence electrons. The van der Waals surface area contributed by atoms with E-state index >= 15 is 0 Å². The summed E-state index contributed by atoms with van der Waals surface area (Å²) in [5.41, 5.74) is -0.0601. The molecule has 0 aliphatic carbocycles. The molecule has 2 aromatic rings. The van der Waals surface area contributed by atoms with Gasteiger partial charge in [-0.3, -0.25) is 9.59 Å². The number of sulfonamides is 1. The largest absolute Gasteiger partial charge is 0.454 e. The molecule has 1 atom stereocenters. The monoisotopic (exact) mass is 414 g/mol. The summed E-state index contributed by atoms with van der Waals surface area (Å²) >= 11 is 5.71. The second kappa shape index (κ2) is 8.94. The number of benzene rings is 2. The Morgan fingerprint density at radius 3 is 2.41 bits per heavy atom. The van der Waals surface area contributed by atoms with Gasteiger partial charge >= 0.3 is 5.97 Å². The van der Waals surface area contributed by atoms with Crippen LogP contribution in [-0.4, -0.2) is 32.9 Å². The number of anilines is 1. The number of esters is 1. The quantitative estimate of drug-likeness (QED) is 0.677. The predicted molar refractivity (Wildman–Crippen MR) is 97.2 cm³/mol. The van der Waals surface area contributed by atoms with Crippen molar-refractivity contribution in [3.63, 3.8) is 0 Å². The van der Waals surface area contributed by atoms with Gasteiger partial charge < -0.3 is 10.1 Å². The summed E-state index contributed by atoms with van der Waals surface area (Å²) < 4.78 is 44.7. The molecule has 10 heteroatoms. The molecular formula is C17H16ClFN2O5S. The van der Waals surface area contributed by atoms with Crippen LogP contribution in [0.1, 0.15) is 6.92 Å². The third kappa shape index (κ3) is 6.02. The SMILES string of the molecule is C[C@H](NS(=O)(=O)c1ccc(Cl)cc1)C(=O)OCC(=O)Nc1ccccc1F. The number of hydrogen-bond donors (Lipinski definition) is 2. The first-order valence-corrected chi connectivity index (χ1v) is 9.54. The molecule has 7 nitrogen and oxygen atoms in total. The summed E-state index contributed by atoms with van der Waals surface area (Å²) in [6, 6.07) is 9.60. The Morgan fingerprint density at radius 2 is 1.78 bits per heavy atom. The number of nitrogens with one attached hydrogen (secondary N) is 2. The first-order chi connectivity index (χ1) is 12.7. The molecule has 0 saturated heterocycles. The highest BCUT2D eigenvalue weighted by atomic mass is 35.5. The lowest BCUT2D eigenvalue weighted by atomic mass is 10.3. The standard InChI is InChI=1S/C17H16ClFN2O5S/c1-11(21-27(24,25)13-8-6-12(18)7-9-13)17(23)26-10-16(22)20-15-5-3-2-4-14(15)19/h2-9,11,21H,10H2,1H3,(H,20,22)/t11-/m0/s1. The van der Waals surface area contributed by atoms with Crippen molar-refractivity contribution < 1.29 is 27.1 Å². The van der Waals surface area contributed by atoms with Gasteiger partial charge in [0, 0.05) is 5.02 Å². The first kappa shape index (κ1) is 20.8. The van der Waals surface area contributed by atoms with Crippen molar-refractivity contribution in [3.05, 3.63) is 59.4 Å². The molecule has 2 N–H and O–H groups in total. The zero-order chi connectivity index (χ0) is 20.0. The Labute approximate surface area is 160 Å². The van der Waals surface area contributed by atoms with Crippen LogP contribution in [0.3, 0.4) is 0 Å². The zero-order valence-corrected chi connectivity index (χ0v) is 15.7. The van der Waals surface area contributed by atoms with Crippen molar-refractivity contribution in [3.8, 4) is 0 Å². The topological polar surface area (TPSA) is 102 Å². The second-order valence-corrected chi connectivity index (χ2v) is 7.58. The molecule has 0 heterocycles. The molecule has 0 spiro atoms. The number of para-hydroxylation sites is 1. The fourth-order valence-corrected chi connectivity index (χ4v) is 3.29. The number of hydrogen-bond acceptors (Lipinski definition) is 5. The average Bonchev–Trinajstić information content (AvgIpc) is 2.61. The van der Waals surface area contributed by atoms with Crippen LogP contribution in [0.2, 0.25) is 5.02 Å². The van der Waals surface area contributed by atoms with Crippen LogP contribution in [0.25, 0.3) is 0 Å². The van der Waals surface area contributed by atoms with Crippen LogP contribution in [0.4, 0.5) is 10.1 Å². The molecule has 0 fully saturated rings. The molecule has 0 radical (unpaired) electrons. The van der Waals surface area contributed by atoms with Gasteiger partial charge in [-0.15, -0.1) is 0 Å². The Kier molecular flexibility index (Phi) is 6.89. The maximum absolute atomic E-state index is 13.4. The summed E-state index contributed by atoms with van der Waals surface area (Å²) in [7, 11) is -3.97. The van der Waals surface area contributed by atoms with Crippen LogP contribution in [0.15, 0.2) is 53.4 Å². The third-order valence-corrected chi connectivity index (χ3v) is 5.11. The summed E-state index contributed by atoms with van der Waals surface area (Å²) in [5, 5.41) is 2.60. The van der Waals surface area contributed by atoms with E-state index in [-0.39, 0.29) is 10.6 Å². The Morgan fingerprint density at radius 1 is 1.15 bits per heavy atom. The van der Waals surface area contributed by atoms with Crippen molar-refractivity contribution in [2.24, 2.45) is 0 Å². The molecule has 0 aliphatic rings. The van der Waals surface area contributed by atoms with Crippen LogP contribution in [0, 0.1) is 5.82 Å². The van der Waals surface area contributed by atoms with Crippen LogP contribution in [-0.2, 0) is 24.3 Å². The molecular weight excluding hydrogens is 399 g/mol. The van der Waals surface area contributed by atoms with Crippen molar-refractivity contribution in [1.82, 2.24) is 4.72 Å². The number of rotatable bonds is 7. The van der Waals surface area contributed by atoms with Crippen molar-refractivity contribution >= 4 is 39.2 Å². The molecule has 0 saturated carbocycles. The maximum Gasteiger partial charge on any atom is 0.324 e. The van der Waals surface area contributed by atoms with E-state index < -0.39 is 40.4 Å². The minimum absolute atomic E-state index is 0.0601. The highest BCUT2D eigenvalue weighted by Gasteiger charge is 2.23. The molecule has 2 aromatic carbocycles. The van der Waals surface area contributed by atoms with Crippen molar-refractivity contribution in [2.75, 3.05) is 11.9 Å². The van der Waals surface area contributed by atoms with E-state index in [0.717, 1.165) is 6.07 Å². The Balaban J connectivity index is 1.89. The Bertz CT molecular complexity index is 935. The smallest absolute Gasteiger partial charge is 0.324 e. The van der Waals surface area contributed by atoms with Crippen LogP contribution >= 0.6 is 11.6 Å². The molecule has 0 unspecified atom stereocenters. The fourth-order valence-electron chi connectivity index (χ4n) is 1.97. The van der Waals surface area contributed by atoms with Gasteiger partial charge in [0.05, 0.1) is 10.6 Å². The van der Waals surface area contributed by atoms with E-state index in [1.165, 1.54) is 49.4 Å². The van der Waals surface area contributed by atoms with Gasteiger partial charge in [0.1, 0.15) is 11.9 Å². The van der Waals surface area contributed by atoms with E-state index in [0.29, 0.717) is 5.02 Å². The molecule has 1 amide bonds. The number of halogens is 2. The Hall–Kier alpha value is -2.49. The van der Waals surface area contributed by atoms with Crippen LogP contribution in [0.5, 0.6) is 0 Å². The number of ether oxygens (including phenoxy) is 1.